The Bertz CT molecular complexity index is 1500. The van der Waals surface area contributed by atoms with Crippen molar-refractivity contribution in [3.05, 3.63) is 120 Å². The zero-order valence-corrected chi connectivity index (χ0v) is 28.5. The smallest absolute Gasteiger partial charge is 0.407 e. The van der Waals surface area contributed by atoms with Gasteiger partial charge >= 0.3 is 12.1 Å². The Morgan fingerprint density at radius 3 is 2.12 bits per heavy atom. The van der Waals surface area contributed by atoms with Crippen molar-refractivity contribution in [2.45, 2.75) is 70.1 Å². The van der Waals surface area contributed by atoms with Crippen LogP contribution in [0.5, 0.6) is 0 Å². The first-order valence-corrected chi connectivity index (χ1v) is 17.4. The van der Waals surface area contributed by atoms with E-state index in [1.54, 1.807) is 0 Å². The van der Waals surface area contributed by atoms with E-state index in [4.69, 9.17) is 9.47 Å². The van der Waals surface area contributed by atoms with E-state index < -0.39 is 30.0 Å². The Morgan fingerprint density at radius 2 is 1.46 bits per heavy atom. The number of hydrogen-bond donors (Lipinski definition) is 4. The van der Waals surface area contributed by atoms with E-state index in [9.17, 15) is 24.3 Å². The predicted molar refractivity (Wildman–Crippen MR) is 191 cm³/mol. The second-order valence-electron chi connectivity index (χ2n) is 12.7. The van der Waals surface area contributed by atoms with Crippen molar-refractivity contribution in [1.29, 1.82) is 0 Å². The Morgan fingerprint density at radius 1 is 0.840 bits per heavy atom. The van der Waals surface area contributed by atoms with Gasteiger partial charge in [-0.25, -0.2) is 4.79 Å². The molecule has 3 aromatic rings. The average Bonchev–Trinajstić information content (AvgIpc) is 3.13. The summed E-state index contributed by atoms with van der Waals surface area (Å²) in [5, 5.41) is 18.6. The number of amides is 3. The van der Waals surface area contributed by atoms with Gasteiger partial charge in [0, 0.05) is 13.0 Å². The summed E-state index contributed by atoms with van der Waals surface area (Å²) in [7, 11) is 0. The highest BCUT2D eigenvalue weighted by molar-refractivity contribution is 5.86. The molecule has 1 heterocycles. The highest BCUT2D eigenvalue weighted by Gasteiger charge is 2.27. The van der Waals surface area contributed by atoms with Crippen molar-refractivity contribution in [2.24, 2.45) is 11.8 Å². The molecule has 0 radical (unpaired) electrons. The van der Waals surface area contributed by atoms with Crippen molar-refractivity contribution >= 4 is 23.9 Å². The van der Waals surface area contributed by atoms with E-state index >= 15 is 0 Å². The number of aliphatic hydroxyl groups is 1. The number of esters is 1. The van der Waals surface area contributed by atoms with Gasteiger partial charge in [-0.15, -0.1) is 0 Å². The highest BCUT2D eigenvalue weighted by Crippen LogP contribution is 2.19. The van der Waals surface area contributed by atoms with Crippen molar-refractivity contribution < 1.29 is 33.8 Å². The molecule has 0 saturated heterocycles. The van der Waals surface area contributed by atoms with Gasteiger partial charge in [0.2, 0.25) is 11.8 Å². The third-order valence-corrected chi connectivity index (χ3v) is 8.61. The zero-order chi connectivity index (χ0) is 35.4. The number of carbonyl (C=O) groups is 4. The van der Waals surface area contributed by atoms with Gasteiger partial charge in [0.05, 0.1) is 30.5 Å². The number of allylic oxidation sites excluding steroid dienone is 2. The van der Waals surface area contributed by atoms with Gasteiger partial charge in [0.15, 0.2) is 0 Å². The van der Waals surface area contributed by atoms with Crippen LogP contribution in [0.15, 0.2) is 103 Å². The van der Waals surface area contributed by atoms with E-state index in [-0.39, 0.29) is 44.0 Å². The summed E-state index contributed by atoms with van der Waals surface area (Å²) in [6, 6.07) is 27.8. The molecule has 1 aliphatic rings. The molecule has 0 saturated carbocycles. The number of rotatable bonds is 15. The number of benzene rings is 3. The molecule has 3 amide bonds. The van der Waals surface area contributed by atoms with Crippen LogP contribution >= 0.6 is 0 Å². The minimum Gasteiger partial charge on any atom is -0.463 e. The fraction of sp³-hybridized carbons (Fsp3) is 0.400. The van der Waals surface area contributed by atoms with Crippen molar-refractivity contribution in [1.82, 2.24) is 16.0 Å². The SMILES string of the molecule is O=C(CC1CC=CCC(Cc2ccccc2)C(=O)OCC(CCCCNC(=O)OCc2ccccc2)NC1=O)NC(CO)Cc1ccccc1. The molecule has 4 rings (SSSR count). The van der Waals surface area contributed by atoms with Gasteiger partial charge < -0.3 is 30.5 Å². The van der Waals surface area contributed by atoms with Crippen LogP contribution in [0.1, 0.15) is 55.2 Å². The van der Waals surface area contributed by atoms with Gasteiger partial charge in [-0.05, 0) is 61.6 Å². The van der Waals surface area contributed by atoms with E-state index in [1.807, 2.05) is 103 Å². The second kappa shape index (κ2) is 21.2. The summed E-state index contributed by atoms with van der Waals surface area (Å²) in [4.78, 5) is 52.1. The number of carbonyl (C=O) groups excluding carboxylic acids is 4. The molecule has 0 bridgehead atoms. The van der Waals surface area contributed by atoms with Gasteiger partial charge in [0.1, 0.15) is 13.2 Å². The molecule has 0 aliphatic carbocycles. The van der Waals surface area contributed by atoms with Crippen molar-refractivity contribution in [3.63, 3.8) is 0 Å². The molecule has 4 atom stereocenters. The summed E-state index contributed by atoms with van der Waals surface area (Å²) in [5.41, 5.74) is 2.91. The Balaban J connectivity index is 1.35. The summed E-state index contributed by atoms with van der Waals surface area (Å²) in [6.07, 6.45) is 6.67. The first-order chi connectivity index (χ1) is 24.4. The number of aliphatic hydroxyl groups excluding tert-OH is 1. The van der Waals surface area contributed by atoms with Crippen LogP contribution in [0, 0.1) is 11.8 Å². The van der Waals surface area contributed by atoms with Crippen LogP contribution < -0.4 is 16.0 Å². The number of alkyl carbamates (subject to hydrolysis) is 1. The molecule has 1 aliphatic heterocycles. The minimum atomic E-state index is -0.659. The number of hydrogen-bond acceptors (Lipinski definition) is 7. The Kier molecular flexibility index (Phi) is 16.0. The topological polar surface area (TPSA) is 143 Å². The third kappa shape index (κ3) is 13.9. The van der Waals surface area contributed by atoms with Crippen molar-refractivity contribution in [2.75, 3.05) is 19.8 Å². The number of unbranched alkanes of at least 4 members (excludes halogenated alkanes) is 1. The fourth-order valence-corrected chi connectivity index (χ4v) is 5.83. The lowest BCUT2D eigenvalue weighted by Crippen LogP contribution is -2.45. The molecule has 3 aromatic carbocycles. The molecule has 0 aromatic heterocycles. The van der Waals surface area contributed by atoms with Crippen LogP contribution in [-0.4, -0.2) is 60.8 Å². The predicted octanol–water partition coefficient (Wildman–Crippen LogP) is 5.05. The molecular weight excluding hydrogens is 634 g/mol. The minimum absolute atomic E-state index is 0.00526. The maximum absolute atomic E-state index is 13.6. The number of nitrogens with one attached hydrogen (secondary N) is 3. The summed E-state index contributed by atoms with van der Waals surface area (Å²) in [6.45, 7) is 0.331. The zero-order valence-electron chi connectivity index (χ0n) is 28.5. The van der Waals surface area contributed by atoms with E-state index in [2.05, 4.69) is 16.0 Å². The maximum atomic E-state index is 13.6. The van der Waals surface area contributed by atoms with Gasteiger partial charge in [-0.3, -0.25) is 14.4 Å². The van der Waals surface area contributed by atoms with E-state index in [0.717, 1.165) is 16.7 Å². The largest absolute Gasteiger partial charge is 0.463 e. The lowest BCUT2D eigenvalue weighted by Gasteiger charge is -2.25. The Labute approximate surface area is 294 Å². The molecule has 10 heteroatoms. The average molecular weight is 684 g/mol. The summed E-state index contributed by atoms with van der Waals surface area (Å²) in [5.74, 6) is -2.02. The molecule has 266 valence electrons. The number of cyclic esters (lactones) is 1. The first-order valence-electron chi connectivity index (χ1n) is 17.4. The van der Waals surface area contributed by atoms with Crippen LogP contribution in [0.2, 0.25) is 0 Å². The Hall–Kier alpha value is -4.96. The molecule has 4 unspecified atom stereocenters. The number of ether oxygens (including phenoxy) is 2. The van der Waals surface area contributed by atoms with Crippen molar-refractivity contribution in [3.8, 4) is 0 Å². The fourth-order valence-electron chi connectivity index (χ4n) is 5.83. The molecule has 4 N–H and O–H groups in total. The quantitative estimate of drug-likeness (QED) is 0.0998. The molecule has 0 spiro atoms. The summed E-state index contributed by atoms with van der Waals surface area (Å²) < 4.78 is 11.1. The lowest BCUT2D eigenvalue weighted by molar-refractivity contribution is -0.150. The highest BCUT2D eigenvalue weighted by atomic mass is 16.5. The van der Waals surface area contributed by atoms with Gasteiger partial charge in [-0.1, -0.05) is 103 Å². The molecule has 10 nitrogen and oxygen atoms in total. The molecule has 0 fully saturated rings. The second-order valence-corrected chi connectivity index (χ2v) is 12.7. The normalized spacial score (nSPS) is 18.8. The molecule has 50 heavy (non-hydrogen) atoms. The van der Waals surface area contributed by atoms with Gasteiger partial charge in [0.25, 0.3) is 0 Å². The lowest BCUT2D eigenvalue weighted by atomic mass is 9.94. The third-order valence-electron chi connectivity index (χ3n) is 8.61. The van der Waals surface area contributed by atoms with Crippen LogP contribution in [0.25, 0.3) is 0 Å². The van der Waals surface area contributed by atoms with E-state index in [0.29, 0.717) is 51.5 Å². The standard InChI is InChI=1S/C40H49N3O7/c44-27-36(25-31-16-6-2-7-17-31)42-37(45)26-33-20-10-11-21-34(24-30-14-4-1-5-15-30)39(47)49-29-35(43-38(33)46)22-12-13-23-41-40(48)50-28-32-18-8-3-9-19-32/h1-11,14-19,33-36,44H,12-13,20-29H2,(H,41,48)(H,42,45)(H,43,46). The van der Waals surface area contributed by atoms with Crippen LogP contribution in [0.3, 0.4) is 0 Å². The first kappa shape index (κ1) is 37.9. The van der Waals surface area contributed by atoms with Crippen LogP contribution in [-0.2, 0) is 43.3 Å². The monoisotopic (exact) mass is 683 g/mol. The van der Waals surface area contributed by atoms with Gasteiger partial charge in [-0.2, -0.15) is 0 Å². The van der Waals surface area contributed by atoms with E-state index in [1.165, 1.54) is 0 Å². The summed E-state index contributed by atoms with van der Waals surface area (Å²) >= 11 is 0. The molecular formula is C40H49N3O7. The maximum Gasteiger partial charge on any atom is 0.407 e. The van der Waals surface area contributed by atoms with Crippen LogP contribution in [0.4, 0.5) is 4.79 Å².